The van der Waals surface area contributed by atoms with Crippen molar-refractivity contribution in [2.24, 2.45) is 0 Å². The first-order chi connectivity index (χ1) is 18.9. The molecule has 202 valence electrons. The highest BCUT2D eigenvalue weighted by Gasteiger charge is 2.40. The van der Waals surface area contributed by atoms with Crippen LogP contribution < -0.4 is 19.1 Å². The topological polar surface area (TPSA) is 112 Å². The predicted octanol–water partition coefficient (Wildman–Crippen LogP) is 4.85. The zero-order valence-corrected chi connectivity index (χ0v) is 22.8. The van der Waals surface area contributed by atoms with Crippen LogP contribution in [0.15, 0.2) is 92.4 Å². The number of hydrogen-bond donors (Lipinski definition) is 1. The number of carbonyl (C=O) groups excluding carboxylic acids is 2. The molecule has 1 aliphatic heterocycles. The molecule has 0 spiro atoms. The van der Waals surface area contributed by atoms with Crippen LogP contribution in [0.5, 0.6) is 17.2 Å². The molecule has 0 atom stereocenters. The summed E-state index contributed by atoms with van der Waals surface area (Å²) in [6, 6.07) is 21.0. The van der Waals surface area contributed by atoms with E-state index < -0.39 is 24.4 Å². The monoisotopic (exact) mass is 567 g/mol. The van der Waals surface area contributed by atoms with Gasteiger partial charge >= 0.3 is 5.97 Å². The second kappa shape index (κ2) is 13.2. The van der Waals surface area contributed by atoms with Gasteiger partial charge in [0.05, 0.1) is 36.3 Å². The van der Waals surface area contributed by atoms with Crippen molar-refractivity contribution in [1.29, 1.82) is 0 Å². The number of benzene rings is 3. The lowest BCUT2D eigenvalue weighted by Gasteiger charge is -2.16. The van der Waals surface area contributed by atoms with Gasteiger partial charge in [-0.15, -0.1) is 0 Å². The van der Waals surface area contributed by atoms with Gasteiger partial charge in [0.1, 0.15) is 30.5 Å². The van der Waals surface area contributed by atoms with Gasteiger partial charge in [0.15, 0.2) is 0 Å². The lowest BCUT2D eigenvalue weighted by Crippen LogP contribution is -2.31. The zero-order valence-electron chi connectivity index (χ0n) is 21.1. The first-order valence-corrected chi connectivity index (χ1v) is 13.3. The van der Waals surface area contributed by atoms with E-state index in [9.17, 15) is 14.4 Å². The Morgan fingerprint density at radius 3 is 1.62 bits per heavy atom. The molecule has 4 rings (SSSR count). The van der Waals surface area contributed by atoms with Crippen LogP contribution in [0, 0.1) is 0 Å². The van der Waals surface area contributed by atoms with Gasteiger partial charge in [0, 0.05) is 9.79 Å². The third kappa shape index (κ3) is 7.14. The number of carbonyl (C=O) groups is 3. The smallest absolute Gasteiger partial charge is 0.329 e. The highest BCUT2D eigenvalue weighted by atomic mass is 32.2. The number of thioether (sulfide) groups is 2. The molecule has 2 amide bonds. The maximum atomic E-state index is 13.6. The Bertz CT molecular complexity index is 1280. The highest BCUT2D eigenvalue weighted by Crippen LogP contribution is 2.44. The molecule has 3 aromatic rings. The summed E-state index contributed by atoms with van der Waals surface area (Å²) in [5.74, 6) is -0.0350. The molecular formula is C28H25NO8S2. The Morgan fingerprint density at radius 1 is 0.718 bits per heavy atom. The number of imide groups is 1. The summed E-state index contributed by atoms with van der Waals surface area (Å²) in [4.78, 5) is 41.1. The van der Waals surface area contributed by atoms with Crippen molar-refractivity contribution in [2.75, 3.05) is 38.9 Å². The maximum Gasteiger partial charge on any atom is 0.329 e. The van der Waals surface area contributed by atoms with Crippen molar-refractivity contribution in [2.45, 2.75) is 9.79 Å². The minimum atomic E-state index is -1.05. The molecule has 11 heteroatoms. The number of carboxylic acids is 1. The Labute approximate surface area is 233 Å². The van der Waals surface area contributed by atoms with Crippen LogP contribution in [0.4, 0.5) is 5.69 Å². The second-order valence-corrected chi connectivity index (χ2v) is 10.1. The summed E-state index contributed by atoms with van der Waals surface area (Å²) in [6.07, 6.45) is 0. The number of amides is 2. The summed E-state index contributed by atoms with van der Waals surface area (Å²) in [5.41, 5.74) is 0.401. The molecule has 39 heavy (non-hydrogen) atoms. The number of hydrogen-bond acceptors (Lipinski definition) is 9. The van der Waals surface area contributed by atoms with Gasteiger partial charge in [-0.1, -0.05) is 23.5 Å². The highest BCUT2D eigenvalue weighted by molar-refractivity contribution is 8.08. The van der Waals surface area contributed by atoms with Gasteiger partial charge in [-0.2, -0.15) is 0 Å². The van der Waals surface area contributed by atoms with Gasteiger partial charge in [-0.25, -0.2) is 9.69 Å². The molecule has 1 N–H and O–H groups in total. The molecule has 1 aliphatic rings. The van der Waals surface area contributed by atoms with E-state index in [0.29, 0.717) is 32.7 Å². The van der Waals surface area contributed by atoms with Crippen molar-refractivity contribution < 1.29 is 38.4 Å². The van der Waals surface area contributed by atoms with E-state index >= 15 is 0 Å². The molecule has 0 aliphatic carbocycles. The lowest BCUT2D eigenvalue weighted by molar-refractivity contribution is -0.142. The number of aliphatic carboxylic acids is 1. The molecule has 0 unspecified atom stereocenters. The van der Waals surface area contributed by atoms with Crippen LogP contribution in [-0.4, -0.2) is 56.9 Å². The molecule has 0 saturated carbocycles. The van der Waals surface area contributed by atoms with E-state index in [2.05, 4.69) is 0 Å². The zero-order chi connectivity index (χ0) is 27.8. The van der Waals surface area contributed by atoms with Crippen LogP contribution in [0.25, 0.3) is 0 Å². The van der Waals surface area contributed by atoms with Crippen LogP contribution in [0.1, 0.15) is 0 Å². The first kappa shape index (κ1) is 28.1. The van der Waals surface area contributed by atoms with E-state index in [1.807, 2.05) is 24.3 Å². The number of rotatable bonds is 13. The van der Waals surface area contributed by atoms with Crippen molar-refractivity contribution in [3.05, 3.63) is 82.6 Å². The SMILES string of the molecule is COc1ccc(SC2=C(Sc3ccc(OC)cc3)C(=O)N(c3ccc(OCCOCC(=O)O)cc3)C2=O)cc1. The summed E-state index contributed by atoms with van der Waals surface area (Å²) >= 11 is 2.45. The van der Waals surface area contributed by atoms with Crippen molar-refractivity contribution in [3.63, 3.8) is 0 Å². The number of carboxylic acid groups (broad SMARTS) is 1. The lowest BCUT2D eigenvalue weighted by atomic mass is 10.3. The van der Waals surface area contributed by atoms with Crippen molar-refractivity contribution >= 4 is 47.0 Å². The van der Waals surface area contributed by atoms with E-state index in [4.69, 9.17) is 24.1 Å². The normalized spacial score (nSPS) is 13.1. The third-order valence-corrected chi connectivity index (χ3v) is 7.69. The quantitative estimate of drug-likeness (QED) is 0.227. The Balaban J connectivity index is 1.54. The summed E-state index contributed by atoms with van der Waals surface area (Å²) in [5, 5.41) is 8.61. The summed E-state index contributed by atoms with van der Waals surface area (Å²) < 4.78 is 20.9. The van der Waals surface area contributed by atoms with Crippen LogP contribution >= 0.6 is 23.5 Å². The van der Waals surface area contributed by atoms with Crippen LogP contribution in [0.2, 0.25) is 0 Å². The predicted molar refractivity (Wildman–Crippen MR) is 148 cm³/mol. The molecule has 0 fully saturated rings. The fourth-order valence-corrected chi connectivity index (χ4v) is 5.48. The summed E-state index contributed by atoms with van der Waals surface area (Å²) in [6.45, 7) is -0.137. The van der Waals surface area contributed by atoms with E-state index in [-0.39, 0.29) is 13.2 Å². The number of nitrogens with zero attached hydrogens (tertiary/aromatic N) is 1. The van der Waals surface area contributed by atoms with Gasteiger partial charge in [-0.05, 0) is 72.8 Å². The molecule has 1 heterocycles. The Kier molecular flexibility index (Phi) is 9.53. The molecule has 9 nitrogen and oxygen atoms in total. The van der Waals surface area contributed by atoms with Crippen molar-refractivity contribution in [1.82, 2.24) is 0 Å². The number of methoxy groups -OCH3 is 2. The molecular weight excluding hydrogens is 542 g/mol. The first-order valence-electron chi connectivity index (χ1n) is 11.7. The second-order valence-electron chi connectivity index (χ2n) is 7.95. The number of anilines is 1. The fourth-order valence-electron chi connectivity index (χ4n) is 3.50. The average molecular weight is 568 g/mol. The van der Waals surface area contributed by atoms with Crippen molar-refractivity contribution in [3.8, 4) is 17.2 Å². The fraction of sp³-hybridized carbons (Fsp3) is 0.179. The van der Waals surface area contributed by atoms with Gasteiger partial charge in [0.2, 0.25) is 0 Å². The molecule has 0 radical (unpaired) electrons. The van der Waals surface area contributed by atoms with E-state index in [1.54, 1.807) is 62.8 Å². The van der Waals surface area contributed by atoms with Crippen LogP contribution in [-0.2, 0) is 19.1 Å². The molecule has 0 bridgehead atoms. The third-order valence-electron chi connectivity index (χ3n) is 5.38. The molecule has 3 aromatic carbocycles. The average Bonchev–Trinajstić information content (AvgIpc) is 3.17. The molecule has 0 saturated heterocycles. The minimum Gasteiger partial charge on any atom is -0.497 e. The van der Waals surface area contributed by atoms with E-state index in [0.717, 1.165) is 14.7 Å². The summed E-state index contributed by atoms with van der Waals surface area (Å²) in [7, 11) is 3.16. The van der Waals surface area contributed by atoms with Gasteiger partial charge in [0.25, 0.3) is 11.8 Å². The van der Waals surface area contributed by atoms with E-state index in [1.165, 1.54) is 23.5 Å². The van der Waals surface area contributed by atoms with Crippen LogP contribution in [0.3, 0.4) is 0 Å². The Hall–Kier alpha value is -3.93. The Morgan fingerprint density at radius 2 is 1.18 bits per heavy atom. The largest absolute Gasteiger partial charge is 0.497 e. The minimum absolute atomic E-state index is 0.110. The molecule has 0 aromatic heterocycles. The maximum absolute atomic E-state index is 13.6. The number of ether oxygens (including phenoxy) is 4. The van der Waals surface area contributed by atoms with Gasteiger partial charge in [-0.3, -0.25) is 9.59 Å². The van der Waals surface area contributed by atoms with Gasteiger partial charge < -0.3 is 24.1 Å². The standard InChI is InChI=1S/C28H25NO8S2/c1-34-19-7-11-22(12-8-19)38-25-26(39-23-13-9-20(35-2)10-14-23)28(33)29(27(25)32)18-3-5-21(6-4-18)37-16-15-36-17-24(30)31/h3-14H,15-17H2,1-2H3,(H,30,31).